The van der Waals surface area contributed by atoms with Crippen LogP contribution in [0, 0.1) is 0 Å². The van der Waals surface area contributed by atoms with Crippen molar-refractivity contribution in [3.63, 3.8) is 0 Å². The maximum atomic E-state index is 4.18. The minimum Gasteiger partial charge on any atom is -0.256 e. The van der Waals surface area contributed by atoms with E-state index < -0.39 is 0 Å². The van der Waals surface area contributed by atoms with E-state index in [1.54, 1.807) is 0 Å². The van der Waals surface area contributed by atoms with Gasteiger partial charge in [0.2, 0.25) is 0 Å². The van der Waals surface area contributed by atoms with Crippen molar-refractivity contribution in [2.24, 2.45) is 10.3 Å². The molecule has 0 bridgehead atoms. The van der Waals surface area contributed by atoms with Crippen molar-refractivity contribution in [2.75, 3.05) is 11.7 Å². The molecule has 4 rings (SSSR count). The van der Waals surface area contributed by atoms with E-state index in [2.05, 4.69) is 33.0 Å². The highest BCUT2D eigenvalue weighted by atomic mass is 15.8. The van der Waals surface area contributed by atoms with E-state index in [-0.39, 0.29) is 0 Å². The Hall–Kier alpha value is -2.95. The average molecular weight is 277 g/mol. The van der Waals surface area contributed by atoms with Gasteiger partial charge in [-0.15, -0.1) is 5.11 Å². The third kappa shape index (κ3) is 3.33. The Bertz CT molecular complexity index is 653. The normalized spacial score (nSPS) is 12.7. The van der Waals surface area contributed by atoms with Crippen LogP contribution in [0.25, 0.3) is 10.9 Å². The summed E-state index contributed by atoms with van der Waals surface area (Å²) >= 11 is 0. The van der Waals surface area contributed by atoms with Crippen molar-refractivity contribution in [2.45, 2.75) is 0 Å². The molecule has 21 heavy (non-hydrogen) atoms. The van der Waals surface area contributed by atoms with Gasteiger partial charge in [-0.1, -0.05) is 47.7 Å². The molecule has 2 heterocycles. The zero-order valence-corrected chi connectivity index (χ0v) is 11.4. The molecule has 0 spiro atoms. The van der Waals surface area contributed by atoms with Crippen LogP contribution in [0.1, 0.15) is 0 Å². The lowest BCUT2D eigenvalue weighted by molar-refractivity contribution is 0.749. The van der Waals surface area contributed by atoms with Gasteiger partial charge in [0.05, 0.1) is 11.2 Å². The molecule has 1 aliphatic heterocycles. The predicted octanol–water partition coefficient (Wildman–Crippen LogP) is 3.57. The van der Waals surface area contributed by atoms with Crippen molar-refractivity contribution in [3.8, 4) is 0 Å². The molecule has 0 radical (unpaired) electrons. The molecule has 104 valence electrons. The molecule has 0 fully saturated rings. The van der Waals surface area contributed by atoms with E-state index in [4.69, 9.17) is 0 Å². The van der Waals surface area contributed by atoms with E-state index in [0.717, 1.165) is 11.2 Å². The molecule has 3 aromatic rings. The Morgan fingerprint density at radius 2 is 1.62 bits per heavy atom. The molecule has 1 aromatic heterocycles. The summed E-state index contributed by atoms with van der Waals surface area (Å²) in [5.41, 5.74) is 4.91. The molecular weight excluding hydrogens is 262 g/mol. The molecule has 0 saturated heterocycles. The molecule has 0 aliphatic carbocycles. The van der Waals surface area contributed by atoms with Gasteiger partial charge in [0.1, 0.15) is 0 Å². The molecule has 1 N–H and O–H groups in total. The van der Waals surface area contributed by atoms with Gasteiger partial charge in [0.15, 0.2) is 6.67 Å². The number of pyridine rings is 1. The van der Waals surface area contributed by atoms with Crippen LogP contribution in [0.2, 0.25) is 0 Å². The lowest BCUT2D eigenvalue weighted by atomic mass is 10.2. The fraction of sp³-hybridized carbons (Fsp3) is 0.0625. The smallest absolute Gasteiger partial charge is 0.154 e. The minimum atomic E-state index is 0.587. The Morgan fingerprint density at radius 1 is 0.857 bits per heavy atom. The number of rotatable bonds is 1. The second-order valence-corrected chi connectivity index (χ2v) is 4.44. The van der Waals surface area contributed by atoms with E-state index in [9.17, 15) is 0 Å². The van der Waals surface area contributed by atoms with Gasteiger partial charge in [-0.3, -0.25) is 4.98 Å². The largest absolute Gasteiger partial charge is 0.256 e. The van der Waals surface area contributed by atoms with Gasteiger partial charge in [-0.2, -0.15) is 5.53 Å². The summed E-state index contributed by atoms with van der Waals surface area (Å²) in [6, 6.07) is 22.0. The Balaban J connectivity index is 0.000000126. The summed E-state index contributed by atoms with van der Waals surface area (Å²) in [5.74, 6) is 0. The molecular formula is C16H15N5. The van der Waals surface area contributed by atoms with E-state index in [1.807, 2.05) is 65.8 Å². The predicted molar refractivity (Wildman–Crippen MR) is 83.5 cm³/mol. The average Bonchev–Trinajstić information content (AvgIpc) is 3.11. The van der Waals surface area contributed by atoms with Crippen LogP contribution >= 0.6 is 0 Å². The third-order valence-electron chi connectivity index (χ3n) is 3.02. The van der Waals surface area contributed by atoms with Crippen molar-refractivity contribution < 1.29 is 0 Å². The third-order valence-corrected chi connectivity index (χ3v) is 3.02. The Morgan fingerprint density at radius 3 is 2.38 bits per heavy atom. The summed E-state index contributed by atoms with van der Waals surface area (Å²) in [7, 11) is 0. The van der Waals surface area contributed by atoms with Crippen LogP contribution < -0.4 is 10.5 Å². The zero-order chi connectivity index (χ0) is 14.3. The molecule has 0 atom stereocenters. The highest BCUT2D eigenvalue weighted by molar-refractivity contribution is 5.77. The highest BCUT2D eigenvalue weighted by Crippen LogP contribution is 2.12. The number of fused-ring (bicyclic) bond motifs is 1. The highest BCUT2D eigenvalue weighted by Gasteiger charge is 2.06. The Labute approximate surface area is 122 Å². The summed E-state index contributed by atoms with van der Waals surface area (Å²) in [6.07, 6.45) is 1.81. The SMILES string of the molecule is c1ccc(N2CN=NN2)cc1.c1ccc2ncccc2c1. The van der Waals surface area contributed by atoms with Crippen molar-refractivity contribution in [3.05, 3.63) is 72.9 Å². The number of aromatic nitrogens is 1. The van der Waals surface area contributed by atoms with Gasteiger partial charge in [-0.05, 0) is 24.3 Å². The summed E-state index contributed by atoms with van der Waals surface area (Å²) in [6.45, 7) is 0.587. The number of hydrazine groups is 1. The number of nitrogens with zero attached hydrogens (tertiary/aromatic N) is 4. The van der Waals surface area contributed by atoms with Gasteiger partial charge in [-0.25, -0.2) is 5.01 Å². The van der Waals surface area contributed by atoms with Crippen LogP contribution in [0.15, 0.2) is 83.3 Å². The summed E-state index contributed by atoms with van der Waals surface area (Å²) < 4.78 is 0. The first-order chi connectivity index (χ1) is 10.4. The van der Waals surface area contributed by atoms with Crippen molar-refractivity contribution >= 4 is 16.6 Å². The fourth-order valence-corrected chi connectivity index (χ4v) is 1.98. The first-order valence-electron chi connectivity index (χ1n) is 6.68. The summed E-state index contributed by atoms with van der Waals surface area (Å²) in [4.78, 5) is 4.18. The quantitative estimate of drug-likeness (QED) is 0.739. The maximum Gasteiger partial charge on any atom is 0.154 e. The topological polar surface area (TPSA) is 52.9 Å². The maximum absolute atomic E-state index is 4.18. The molecule has 0 amide bonds. The first-order valence-corrected chi connectivity index (χ1v) is 6.68. The number of anilines is 1. The molecule has 0 saturated carbocycles. The number of hydrogen-bond donors (Lipinski definition) is 1. The molecule has 5 heteroatoms. The zero-order valence-electron chi connectivity index (χ0n) is 11.4. The van der Waals surface area contributed by atoms with Gasteiger partial charge >= 0.3 is 0 Å². The van der Waals surface area contributed by atoms with Crippen LogP contribution in [0.4, 0.5) is 5.69 Å². The van der Waals surface area contributed by atoms with E-state index >= 15 is 0 Å². The van der Waals surface area contributed by atoms with Gasteiger partial charge < -0.3 is 0 Å². The Kier molecular flexibility index (Phi) is 4.02. The van der Waals surface area contributed by atoms with Crippen LogP contribution in [0.3, 0.4) is 0 Å². The fourth-order valence-electron chi connectivity index (χ4n) is 1.98. The minimum absolute atomic E-state index is 0.587. The second-order valence-electron chi connectivity index (χ2n) is 4.44. The monoisotopic (exact) mass is 277 g/mol. The molecule has 1 aliphatic rings. The molecule has 0 unspecified atom stereocenters. The molecule has 2 aromatic carbocycles. The lowest BCUT2D eigenvalue weighted by Crippen LogP contribution is -2.28. The number of benzene rings is 2. The second kappa shape index (κ2) is 6.47. The number of hydrogen-bond acceptors (Lipinski definition) is 5. The van der Waals surface area contributed by atoms with Crippen LogP contribution in [0.5, 0.6) is 0 Å². The van der Waals surface area contributed by atoms with Crippen LogP contribution in [-0.2, 0) is 0 Å². The van der Waals surface area contributed by atoms with Gasteiger partial charge in [0.25, 0.3) is 0 Å². The van der Waals surface area contributed by atoms with Crippen molar-refractivity contribution in [1.82, 2.24) is 10.5 Å². The number of para-hydroxylation sites is 2. The standard InChI is InChI=1S/C9H7N.C7H8N4/c1-2-6-9-8(4-1)5-3-7-10-9;1-2-4-7(5-3-1)11-6-8-9-10-11/h1-7H;1-5H,6H2,(H,8,10). The van der Waals surface area contributed by atoms with Crippen LogP contribution in [-0.4, -0.2) is 11.7 Å². The number of nitrogens with one attached hydrogen (secondary N) is 1. The van der Waals surface area contributed by atoms with Crippen molar-refractivity contribution in [1.29, 1.82) is 0 Å². The van der Waals surface area contributed by atoms with E-state index in [0.29, 0.717) is 6.67 Å². The lowest BCUT2D eigenvalue weighted by Gasteiger charge is -2.13. The molecule has 5 nitrogen and oxygen atoms in total. The summed E-state index contributed by atoms with van der Waals surface area (Å²) in [5, 5.41) is 10.5. The van der Waals surface area contributed by atoms with Gasteiger partial charge in [0, 0.05) is 11.6 Å². The van der Waals surface area contributed by atoms with E-state index in [1.165, 1.54) is 5.39 Å². The first kappa shape index (κ1) is 13.1.